The van der Waals surface area contributed by atoms with Gasteiger partial charge in [0.15, 0.2) is 0 Å². The maximum atomic E-state index is 14.1. The third-order valence-corrected chi connectivity index (χ3v) is 3.25. The van der Waals surface area contributed by atoms with E-state index in [-0.39, 0.29) is 10.9 Å². The van der Waals surface area contributed by atoms with Crippen LogP contribution in [0.3, 0.4) is 0 Å². The molecule has 118 valence electrons. The molecule has 1 heterocycles. The van der Waals surface area contributed by atoms with Crippen LogP contribution in [0.4, 0.5) is 22.0 Å². The van der Waals surface area contributed by atoms with Gasteiger partial charge < -0.3 is 4.98 Å². The first-order valence-corrected chi connectivity index (χ1v) is 6.33. The lowest BCUT2D eigenvalue weighted by atomic mass is 10.1. The molecule has 0 saturated heterocycles. The third kappa shape index (κ3) is 2.56. The van der Waals surface area contributed by atoms with Crippen LogP contribution < -0.4 is 5.56 Å². The quantitative estimate of drug-likeness (QED) is 0.690. The Morgan fingerprint density at radius 2 is 1.70 bits per heavy atom. The molecule has 0 unspecified atom stereocenters. The van der Waals surface area contributed by atoms with Crippen molar-refractivity contribution < 1.29 is 22.0 Å². The van der Waals surface area contributed by atoms with E-state index in [0.717, 1.165) is 0 Å². The number of alkyl halides is 3. The minimum atomic E-state index is -5.00. The number of hydrogen-bond donors (Lipinski definition) is 1. The minimum Gasteiger partial charge on any atom is -0.306 e. The van der Waals surface area contributed by atoms with Gasteiger partial charge in [-0.25, -0.2) is 13.8 Å². The predicted octanol–water partition coefficient (Wildman–Crippen LogP) is 3.89. The van der Waals surface area contributed by atoms with Crippen LogP contribution in [0.5, 0.6) is 0 Å². The summed E-state index contributed by atoms with van der Waals surface area (Å²) in [6.07, 6.45) is -5.00. The van der Waals surface area contributed by atoms with E-state index in [2.05, 4.69) is 9.97 Å². The van der Waals surface area contributed by atoms with Gasteiger partial charge in [0.1, 0.15) is 17.5 Å². The average Bonchev–Trinajstić information content (AvgIpc) is 2.46. The van der Waals surface area contributed by atoms with Crippen molar-refractivity contribution in [2.75, 3.05) is 0 Å². The summed E-state index contributed by atoms with van der Waals surface area (Å²) in [5.41, 5.74) is -3.25. The average molecular weight is 326 g/mol. The summed E-state index contributed by atoms with van der Waals surface area (Å²) in [4.78, 5) is 17.9. The largest absolute Gasteiger partial charge is 0.419 e. The van der Waals surface area contributed by atoms with Crippen LogP contribution in [-0.4, -0.2) is 9.97 Å². The molecule has 2 aromatic carbocycles. The van der Waals surface area contributed by atoms with E-state index < -0.39 is 40.3 Å². The summed E-state index contributed by atoms with van der Waals surface area (Å²) >= 11 is 0. The first-order chi connectivity index (χ1) is 10.8. The molecule has 0 bridgehead atoms. The van der Waals surface area contributed by atoms with Crippen molar-refractivity contribution >= 4 is 10.9 Å². The molecule has 1 N–H and O–H groups in total. The lowest BCUT2D eigenvalue weighted by Gasteiger charge is -2.12. The van der Waals surface area contributed by atoms with E-state index in [4.69, 9.17) is 0 Å². The second kappa shape index (κ2) is 5.15. The maximum Gasteiger partial charge on any atom is 0.419 e. The standard InChI is InChI=1S/C15H7F5N2O/c16-9-6-5-8(15(18,19)20)12(17)11(9)13-21-10-4-2-1-3-7(10)14(23)22-13/h1-6H,(H,21,22,23). The summed E-state index contributed by atoms with van der Waals surface area (Å²) in [5, 5.41) is 0.157. The minimum absolute atomic E-state index is 0.113. The number of nitrogens with one attached hydrogen (secondary N) is 1. The maximum absolute atomic E-state index is 14.1. The highest BCUT2D eigenvalue weighted by Gasteiger charge is 2.36. The molecule has 0 fully saturated rings. The lowest BCUT2D eigenvalue weighted by Crippen LogP contribution is -2.13. The molecule has 0 atom stereocenters. The molecule has 0 spiro atoms. The number of benzene rings is 2. The fraction of sp³-hybridized carbons (Fsp3) is 0.0667. The lowest BCUT2D eigenvalue weighted by molar-refractivity contribution is -0.139. The van der Waals surface area contributed by atoms with Gasteiger partial charge in [-0.15, -0.1) is 0 Å². The Balaban J connectivity index is 2.33. The monoisotopic (exact) mass is 326 g/mol. The fourth-order valence-electron chi connectivity index (χ4n) is 2.19. The summed E-state index contributed by atoms with van der Waals surface area (Å²) in [6, 6.07) is 6.73. The molecule has 0 saturated carbocycles. The van der Waals surface area contributed by atoms with Gasteiger partial charge in [0.25, 0.3) is 5.56 Å². The second-order valence-electron chi connectivity index (χ2n) is 4.71. The molecule has 0 aliphatic carbocycles. The summed E-state index contributed by atoms with van der Waals surface area (Å²) in [5.74, 6) is -3.68. The number of nitrogens with zero attached hydrogens (tertiary/aromatic N) is 1. The topological polar surface area (TPSA) is 45.8 Å². The number of para-hydroxylation sites is 1. The Hall–Kier alpha value is -2.77. The van der Waals surface area contributed by atoms with Crippen molar-refractivity contribution in [3.05, 3.63) is 63.9 Å². The van der Waals surface area contributed by atoms with Crippen molar-refractivity contribution in [3.8, 4) is 11.4 Å². The normalized spacial score (nSPS) is 11.9. The molecular weight excluding hydrogens is 319 g/mol. The molecule has 0 amide bonds. The van der Waals surface area contributed by atoms with E-state index in [1.54, 1.807) is 6.07 Å². The van der Waals surface area contributed by atoms with Gasteiger partial charge in [0.2, 0.25) is 0 Å². The molecule has 0 aliphatic heterocycles. The SMILES string of the molecule is O=c1[nH]c(-c2c(F)ccc(C(F)(F)F)c2F)nc2ccccc12. The highest BCUT2D eigenvalue weighted by atomic mass is 19.4. The van der Waals surface area contributed by atoms with Gasteiger partial charge >= 0.3 is 6.18 Å². The van der Waals surface area contributed by atoms with E-state index in [1.807, 2.05) is 0 Å². The molecule has 3 aromatic rings. The molecule has 0 aliphatic rings. The molecule has 0 radical (unpaired) electrons. The van der Waals surface area contributed by atoms with E-state index >= 15 is 0 Å². The van der Waals surface area contributed by atoms with Gasteiger partial charge in [0.05, 0.1) is 22.0 Å². The van der Waals surface area contributed by atoms with Crippen molar-refractivity contribution in [1.29, 1.82) is 0 Å². The molecule has 8 heteroatoms. The molecule has 1 aromatic heterocycles. The second-order valence-corrected chi connectivity index (χ2v) is 4.71. The highest BCUT2D eigenvalue weighted by Crippen LogP contribution is 2.35. The van der Waals surface area contributed by atoms with Crippen molar-refractivity contribution in [3.63, 3.8) is 0 Å². The Bertz CT molecular complexity index is 962. The van der Waals surface area contributed by atoms with Gasteiger partial charge in [-0.2, -0.15) is 13.2 Å². The van der Waals surface area contributed by atoms with Crippen LogP contribution in [0.15, 0.2) is 41.2 Å². The van der Waals surface area contributed by atoms with Gasteiger partial charge in [-0.3, -0.25) is 4.79 Å². The van der Waals surface area contributed by atoms with E-state index in [0.29, 0.717) is 12.1 Å². The molecule has 3 rings (SSSR count). The number of halogens is 5. The van der Waals surface area contributed by atoms with Crippen LogP contribution in [0.25, 0.3) is 22.3 Å². The van der Waals surface area contributed by atoms with E-state index in [9.17, 15) is 26.7 Å². The number of hydrogen-bond acceptors (Lipinski definition) is 2. The summed E-state index contributed by atoms with van der Waals surface area (Å²) < 4.78 is 66.3. The Labute approximate surface area is 125 Å². The van der Waals surface area contributed by atoms with Crippen molar-refractivity contribution in [2.45, 2.75) is 6.18 Å². The van der Waals surface area contributed by atoms with Gasteiger partial charge in [0, 0.05) is 0 Å². The smallest absolute Gasteiger partial charge is 0.306 e. The third-order valence-electron chi connectivity index (χ3n) is 3.25. The van der Waals surface area contributed by atoms with Crippen LogP contribution in [0.1, 0.15) is 5.56 Å². The first kappa shape index (κ1) is 15.1. The molecule has 3 nitrogen and oxygen atoms in total. The van der Waals surface area contributed by atoms with Gasteiger partial charge in [-0.1, -0.05) is 12.1 Å². The van der Waals surface area contributed by atoms with E-state index in [1.165, 1.54) is 18.2 Å². The van der Waals surface area contributed by atoms with Gasteiger partial charge in [-0.05, 0) is 24.3 Å². The van der Waals surface area contributed by atoms with Crippen molar-refractivity contribution in [1.82, 2.24) is 9.97 Å². The zero-order valence-corrected chi connectivity index (χ0v) is 11.2. The number of rotatable bonds is 1. The summed E-state index contributed by atoms with van der Waals surface area (Å²) in [6.45, 7) is 0. The highest BCUT2D eigenvalue weighted by molar-refractivity contribution is 5.79. The molecular formula is C15H7F5N2O. The zero-order valence-electron chi connectivity index (χ0n) is 11.2. The van der Waals surface area contributed by atoms with Crippen molar-refractivity contribution in [2.24, 2.45) is 0 Å². The fourth-order valence-corrected chi connectivity index (χ4v) is 2.19. The Kier molecular flexibility index (Phi) is 3.39. The van der Waals surface area contributed by atoms with Crippen LogP contribution in [-0.2, 0) is 6.18 Å². The summed E-state index contributed by atoms with van der Waals surface area (Å²) in [7, 11) is 0. The van der Waals surface area contributed by atoms with Crippen LogP contribution in [0.2, 0.25) is 0 Å². The first-order valence-electron chi connectivity index (χ1n) is 6.33. The Morgan fingerprint density at radius 1 is 1.00 bits per heavy atom. The predicted molar refractivity (Wildman–Crippen MR) is 72.7 cm³/mol. The number of aromatic amines is 1. The Morgan fingerprint density at radius 3 is 2.39 bits per heavy atom. The molecule has 23 heavy (non-hydrogen) atoms. The number of fused-ring (bicyclic) bond motifs is 1. The zero-order chi connectivity index (χ0) is 16.8. The number of aromatic nitrogens is 2. The number of H-pyrrole nitrogens is 1. The van der Waals surface area contributed by atoms with Crippen LogP contribution in [0, 0.1) is 11.6 Å². The van der Waals surface area contributed by atoms with Crippen LogP contribution >= 0.6 is 0 Å².